The fourth-order valence-electron chi connectivity index (χ4n) is 3.69. The third-order valence-corrected chi connectivity index (χ3v) is 5.00. The molecule has 1 aliphatic rings. The van der Waals surface area contributed by atoms with Crippen LogP contribution in [0.3, 0.4) is 0 Å². The van der Waals surface area contributed by atoms with Crippen LogP contribution in [0.5, 0.6) is 0 Å². The van der Waals surface area contributed by atoms with Gasteiger partial charge in [0.1, 0.15) is 5.82 Å². The number of rotatable bonds is 3. The molecule has 1 aliphatic carbocycles. The van der Waals surface area contributed by atoms with Crippen molar-refractivity contribution in [3.63, 3.8) is 0 Å². The highest BCUT2D eigenvalue weighted by atomic mass is 16.2. The van der Waals surface area contributed by atoms with Crippen molar-refractivity contribution in [2.45, 2.75) is 39.7 Å². The maximum absolute atomic E-state index is 12.6. The summed E-state index contributed by atoms with van der Waals surface area (Å²) in [5, 5.41) is 4.41. The first kappa shape index (κ1) is 16.5. The molecule has 1 aromatic heterocycles. The lowest BCUT2D eigenvalue weighted by atomic mass is 9.90. The molecule has 26 heavy (non-hydrogen) atoms. The number of aromatic nitrogens is 2. The van der Waals surface area contributed by atoms with Crippen LogP contribution >= 0.6 is 0 Å². The lowest BCUT2D eigenvalue weighted by Crippen LogP contribution is -2.22. The molecule has 5 nitrogen and oxygen atoms in total. The van der Waals surface area contributed by atoms with Crippen LogP contribution in [0.1, 0.15) is 47.1 Å². The summed E-state index contributed by atoms with van der Waals surface area (Å²) in [5.74, 6) is 0.755. The average Bonchev–Trinajstić information content (AvgIpc) is 3.00. The van der Waals surface area contributed by atoms with Crippen molar-refractivity contribution < 1.29 is 4.79 Å². The molecule has 1 heterocycles. The first-order valence-corrected chi connectivity index (χ1v) is 9.09. The number of hydrogen-bond donors (Lipinski definition) is 1. The van der Waals surface area contributed by atoms with Gasteiger partial charge in [0, 0.05) is 17.7 Å². The van der Waals surface area contributed by atoms with E-state index in [1.54, 1.807) is 0 Å². The van der Waals surface area contributed by atoms with Crippen LogP contribution < -0.4 is 5.43 Å². The van der Waals surface area contributed by atoms with Gasteiger partial charge in [-0.05, 0) is 56.9 Å². The van der Waals surface area contributed by atoms with Crippen molar-refractivity contribution in [2.24, 2.45) is 5.10 Å². The molecular formula is C21H22N4O. The number of imidazole rings is 1. The predicted octanol–water partition coefficient (Wildman–Crippen LogP) is 3.84. The van der Waals surface area contributed by atoms with Crippen LogP contribution in [0.15, 0.2) is 47.6 Å². The monoisotopic (exact) mass is 346 g/mol. The molecule has 1 amide bonds. The Hall–Kier alpha value is -2.95. The SMILES string of the molecule is CCn1c(C)nc2cc(C(=O)N/N=C3\CCCc4ccccc43)ccc21. The van der Waals surface area contributed by atoms with Crippen LogP contribution in [0.4, 0.5) is 0 Å². The molecule has 0 aliphatic heterocycles. The molecule has 0 saturated carbocycles. The van der Waals surface area contributed by atoms with Crippen molar-refractivity contribution in [3.8, 4) is 0 Å². The number of carbonyl (C=O) groups is 1. The summed E-state index contributed by atoms with van der Waals surface area (Å²) >= 11 is 0. The van der Waals surface area contributed by atoms with E-state index in [4.69, 9.17) is 0 Å². The Morgan fingerprint density at radius 3 is 2.92 bits per heavy atom. The number of nitrogens with zero attached hydrogens (tertiary/aromatic N) is 3. The molecular weight excluding hydrogens is 324 g/mol. The summed E-state index contributed by atoms with van der Waals surface area (Å²) in [4.78, 5) is 17.1. The molecule has 0 fully saturated rings. The van der Waals surface area contributed by atoms with Crippen LogP contribution in [-0.4, -0.2) is 21.2 Å². The largest absolute Gasteiger partial charge is 0.329 e. The molecule has 1 N–H and O–H groups in total. The van der Waals surface area contributed by atoms with Crippen LogP contribution in [-0.2, 0) is 13.0 Å². The van der Waals surface area contributed by atoms with Gasteiger partial charge in [0.25, 0.3) is 5.91 Å². The van der Waals surface area contributed by atoms with E-state index in [2.05, 4.69) is 39.1 Å². The summed E-state index contributed by atoms with van der Waals surface area (Å²) in [7, 11) is 0. The highest BCUT2D eigenvalue weighted by molar-refractivity contribution is 6.04. The van der Waals surface area contributed by atoms with Crippen molar-refractivity contribution in [2.75, 3.05) is 0 Å². The smallest absolute Gasteiger partial charge is 0.271 e. The second kappa shape index (κ2) is 6.75. The second-order valence-corrected chi connectivity index (χ2v) is 6.62. The van der Waals surface area contributed by atoms with Gasteiger partial charge in [0.15, 0.2) is 0 Å². The standard InChI is InChI=1S/C21H22N4O/c1-3-25-14(2)22-19-13-16(11-12-20(19)25)21(26)24-23-18-10-6-8-15-7-4-5-9-17(15)18/h4-5,7,9,11-13H,3,6,8,10H2,1-2H3,(H,24,26)/b23-18+. The quantitative estimate of drug-likeness (QED) is 0.733. The number of fused-ring (bicyclic) bond motifs is 2. The summed E-state index contributed by atoms with van der Waals surface area (Å²) in [6.07, 6.45) is 3.01. The minimum Gasteiger partial charge on any atom is -0.329 e. The zero-order valence-electron chi connectivity index (χ0n) is 15.1. The number of carbonyl (C=O) groups excluding carboxylic acids is 1. The summed E-state index contributed by atoms with van der Waals surface area (Å²) in [6.45, 7) is 4.93. The lowest BCUT2D eigenvalue weighted by Gasteiger charge is -2.17. The van der Waals surface area contributed by atoms with E-state index in [0.29, 0.717) is 5.56 Å². The molecule has 0 saturated heterocycles. The van der Waals surface area contributed by atoms with Crippen molar-refractivity contribution in [1.82, 2.24) is 15.0 Å². The number of hydrazone groups is 1. The average molecular weight is 346 g/mol. The van der Waals surface area contributed by atoms with E-state index >= 15 is 0 Å². The molecule has 4 rings (SSSR count). The Bertz CT molecular complexity index is 1020. The third-order valence-electron chi connectivity index (χ3n) is 5.00. The van der Waals surface area contributed by atoms with Gasteiger partial charge in [-0.15, -0.1) is 0 Å². The van der Waals surface area contributed by atoms with E-state index in [0.717, 1.165) is 53.9 Å². The molecule has 132 valence electrons. The van der Waals surface area contributed by atoms with E-state index in [1.165, 1.54) is 5.56 Å². The molecule has 3 aromatic rings. The maximum atomic E-state index is 12.6. The Morgan fingerprint density at radius 2 is 2.08 bits per heavy atom. The first-order valence-electron chi connectivity index (χ1n) is 9.09. The van der Waals surface area contributed by atoms with Crippen LogP contribution in [0.2, 0.25) is 0 Å². The molecule has 0 bridgehead atoms. The number of aryl methyl sites for hydroxylation is 3. The van der Waals surface area contributed by atoms with Gasteiger partial charge < -0.3 is 4.57 Å². The van der Waals surface area contributed by atoms with Gasteiger partial charge in [-0.25, -0.2) is 10.4 Å². The zero-order chi connectivity index (χ0) is 18.1. The highest BCUT2D eigenvalue weighted by Gasteiger charge is 2.16. The fraction of sp³-hybridized carbons (Fsp3) is 0.286. The Balaban J connectivity index is 1.58. The zero-order valence-corrected chi connectivity index (χ0v) is 15.1. The van der Waals surface area contributed by atoms with E-state index < -0.39 is 0 Å². The lowest BCUT2D eigenvalue weighted by molar-refractivity contribution is 0.0955. The van der Waals surface area contributed by atoms with Gasteiger partial charge in [-0.1, -0.05) is 24.3 Å². The van der Waals surface area contributed by atoms with Crippen molar-refractivity contribution >= 4 is 22.7 Å². The Labute approximate surface area is 152 Å². The highest BCUT2D eigenvalue weighted by Crippen LogP contribution is 2.21. The molecule has 0 atom stereocenters. The number of hydrogen-bond acceptors (Lipinski definition) is 3. The van der Waals surface area contributed by atoms with Gasteiger partial charge >= 0.3 is 0 Å². The first-order chi connectivity index (χ1) is 12.7. The van der Waals surface area contributed by atoms with Gasteiger partial charge in [-0.2, -0.15) is 5.10 Å². The van der Waals surface area contributed by atoms with Crippen LogP contribution in [0.25, 0.3) is 11.0 Å². The van der Waals surface area contributed by atoms with Crippen LogP contribution in [0, 0.1) is 6.92 Å². The maximum Gasteiger partial charge on any atom is 0.271 e. The molecule has 0 unspecified atom stereocenters. The topological polar surface area (TPSA) is 59.3 Å². The second-order valence-electron chi connectivity index (χ2n) is 6.62. The minimum atomic E-state index is -0.203. The molecule has 2 aromatic carbocycles. The Morgan fingerprint density at radius 1 is 1.23 bits per heavy atom. The van der Waals surface area contributed by atoms with E-state index in [9.17, 15) is 4.79 Å². The fourth-order valence-corrected chi connectivity index (χ4v) is 3.69. The summed E-state index contributed by atoms with van der Waals surface area (Å²) in [5.41, 5.74) is 8.59. The van der Waals surface area contributed by atoms with E-state index in [-0.39, 0.29) is 5.91 Å². The number of nitrogens with one attached hydrogen (secondary N) is 1. The van der Waals surface area contributed by atoms with Gasteiger partial charge in [0.2, 0.25) is 0 Å². The van der Waals surface area contributed by atoms with Gasteiger partial charge in [0.05, 0.1) is 16.7 Å². The predicted molar refractivity (Wildman–Crippen MR) is 104 cm³/mol. The van der Waals surface area contributed by atoms with E-state index in [1.807, 2.05) is 37.3 Å². The van der Waals surface area contributed by atoms with Crippen molar-refractivity contribution in [1.29, 1.82) is 0 Å². The van der Waals surface area contributed by atoms with Gasteiger partial charge in [-0.3, -0.25) is 4.79 Å². The molecule has 0 radical (unpaired) electrons. The summed E-state index contributed by atoms with van der Waals surface area (Å²) < 4.78 is 2.14. The number of amides is 1. The number of benzene rings is 2. The van der Waals surface area contributed by atoms with Crippen molar-refractivity contribution in [3.05, 3.63) is 65.0 Å². The molecule has 5 heteroatoms. The molecule has 0 spiro atoms. The summed E-state index contributed by atoms with van der Waals surface area (Å²) in [6, 6.07) is 13.9. The minimum absolute atomic E-state index is 0.203. The normalized spacial score (nSPS) is 15.2. The third kappa shape index (κ3) is 2.90. The Kier molecular flexibility index (Phi) is 4.29.